The van der Waals surface area contributed by atoms with Gasteiger partial charge < -0.3 is 0 Å². The molecule has 0 atom stereocenters. The van der Waals surface area contributed by atoms with Crippen LogP contribution in [-0.4, -0.2) is 21.1 Å². The van der Waals surface area contributed by atoms with Gasteiger partial charge >= 0.3 is 0 Å². The van der Waals surface area contributed by atoms with Gasteiger partial charge in [-0.15, -0.1) is 0 Å². The highest BCUT2D eigenvalue weighted by molar-refractivity contribution is 5.50. The van der Waals surface area contributed by atoms with Gasteiger partial charge in [0, 0.05) is 12.5 Å². The van der Waals surface area contributed by atoms with Crippen LogP contribution < -0.4 is 0 Å². The summed E-state index contributed by atoms with van der Waals surface area (Å²) in [6.07, 6.45) is 11.9. The number of hydrogen-bond acceptors (Lipinski definition) is 7. The molecule has 0 fully saturated rings. The van der Waals surface area contributed by atoms with E-state index in [0.717, 1.165) is 44.6 Å². The van der Waals surface area contributed by atoms with E-state index in [0.29, 0.717) is 25.7 Å². The molecule has 0 aromatic carbocycles. The average Bonchev–Trinajstić information content (AvgIpc) is 2.69. The van der Waals surface area contributed by atoms with Crippen molar-refractivity contribution in [2.45, 2.75) is 84.0 Å². The van der Waals surface area contributed by atoms with Crippen molar-refractivity contribution in [3.8, 4) is 0 Å². The van der Waals surface area contributed by atoms with Crippen LogP contribution in [0.25, 0.3) is 0 Å². The van der Waals surface area contributed by atoms with E-state index in [1.807, 2.05) is 6.92 Å². The SMILES string of the molecule is CCCCC/C=C(\C/C(=C\C/C(=C\CCCCCC[C]=O)[N+](=O)[O-])[N+](=O)[O-])[N+](=O)[O-]. The van der Waals surface area contributed by atoms with Gasteiger partial charge in [-0.2, -0.15) is 0 Å². The standard InChI is InChI=1S/C20H30N3O7/c1-2-3-4-9-13-19(22(27)28)17-20(23(29)30)15-14-18(21(25)26)12-10-7-5-6-8-11-16-24/h12-13,15H,2-11,14,17H2,1H3/b18-12+,19-13+,20-15+. The van der Waals surface area contributed by atoms with E-state index in [1.54, 1.807) is 6.29 Å². The Morgan fingerprint density at radius 2 is 1.23 bits per heavy atom. The highest BCUT2D eigenvalue weighted by Crippen LogP contribution is 2.18. The summed E-state index contributed by atoms with van der Waals surface area (Å²) < 4.78 is 0. The topological polar surface area (TPSA) is 146 Å². The van der Waals surface area contributed by atoms with Crippen LogP contribution in [0.1, 0.15) is 84.0 Å². The molecule has 10 nitrogen and oxygen atoms in total. The van der Waals surface area contributed by atoms with E-state index >= 15 is 0 Å². The molecular formula is C20H30N3O7. The second kappa shape index (κ2) is 17.0. The molecule has 0 rings (SSSR count). The van der Waals surface area contributed by atoms with Gasteiger partial charge in [-0.1, -0.05) is 32.6 Å². The van der Waals surface area contributed by atoms with E-state index in [9.17, 15) is 35.1 Å². The van der Waals surface area contributed by atoms with Gasteiger partial charge in [0.2, 0.25) is 5.70 Å². The van der Waals surface area contributed by atoms with Crippen molar-refractivity contribution in [1.82, 2.24) is 0 Å². The van der Waals surface area contributed by atoms with E-state index in [2.05, 4.69) is 0 Å². The molecule has 0 saturated heterocycles. The molecule has 0 amide bonds. The minimum atomic E-state index is -0.731. The van der Waals surface area contributed by atoms with Crippen LogP contribution in [0.2, 0.25) is 0 Å². The summed E-state index contributed by atoms with van der Waals surface area (Å²) in [5.41, 5.74) is -0.871. The van der Waals surface area contributed by atoms with Crippen molar-refractivity contribution in [3.05, 3.63) is 65.7 Å². The first-order valence-corrected chi connectivity index (χ1v) is 10.2. The molecule has 1 radical (unpaired) electrons. The Labute approximate surface area is 176 Å². The smallest absolute Gasteiger partial charge is 0.253 e. The number of carbonyl (C=O) groups excluding carboxylic acids is 1. The fourth-order valence-electron chi connectivity index (χ4n) is 2.69. The van der Waals surface area contributed by atoms with Crippen LogP contribution in [0.15, 0.2) is 35.3 Å². The monoisotopic (exact) mass is 424 g/mol. The lowest BCUT2D eigenvalue weighted by molar-refractivity contribution is -0.450. The highest BCUT2D eigenvalue weighted by atomic mass is 16.6. The fourth-order valence-corrected chi connectivity index (χ4v) is 2.69. The van der Waals surface area contributed by atoms with Crippen LogP contribution in [-0.2, 0) is 4.79 Å². The van der Waals surface area contributed by atoms with Crippen LogP contribution in [0.4, 0.5) is 0 Å². The van der Waals surface area contributed by atoms with Crippen LogP contribution >= 0.6 is 0 Å². The number of rotatable bonds is 18. The summed E-state index contributed by atoms with van der Waals surface area (Å²) in [6.45, 7) is 2.00. The minimum Gasteiger partial charge on any atom is -0.291 e. The van der Waals surface area contributed by atoms with Crippen molar-refractivity contribution in [3.63, 3.8) is 0 Å². The first-order valence-electron chi connectivity index (χ1n) is 10.2. The number of allylic oxidation sites excluding steroid dienone is 3. The largest absolute Gasteiger partial charge is 0.291 e. The van der Waals surface area contributed by atoms with Gasteiger partial charge in [-0.05, 0) is 44.3 Å². The van der Waals surface area contributed by atoms with Crippen molar-refractivity contribution in [2.24, 2.45) is 0 Å². The molecule has 0 spiro atoms. The highest BCUT2D eigenvalue weighted by Gasteiger charge is 2.22. The second-order valence-electron chi connectivity index (χ2n) is 6.83. The Bertz CT molecular complexity index is 669. The summed E-state index contributed by atoms with van der Waals surface area (Å²) in [6, 6.07) is 0. The molecule has 0 saturated carbocycles. The maximum atomic E-state index is 11.3. The summed E-state index contributed by atoms with van der Waals surface area (Å²) in [4.78, 5) is 41.8. The normalized spacial score (nSPS) is 12.6. The molecule has 0 N–H and O–H groups in total. The molecule has 0 aliphatic rings. The lowest BCUT2D eigenvalue weighted by Crippen LogP contribution is -2.07. The molecule has 0 aliphatic heterocycles. The Morgan fingerprint density at radius 3 is 1.77 bits per heavy atom. The molecule has 0 aliphatic carbocycles. The number of nitrogens with zero attached hydrogens (tertiary/aromatic N) is 3. The van der Waals surface area contributed by atoms with Gasteiger partial charge in [-0.25, -0.2) is 0 Å². The maximum absolute atomic E-state index is 11.3. The van der Waals surface area contributed by atoms with Crippen molar-refractivity contribution in [2.75, 3.05) is 0 Å². The Kier molecular flexibility index (Phi) is 15.3. The van der Waals surface area contributed by atoms with E-state index < -0.39 is 26.9 Å². The zero-order valence-corrected chi connectivity index (χ0v) is 17.4. The lowest BCUT2D eigenvalue weighted by Gasteiger charge is -2.00. The summed E-state index contributed by atoms with van der Waals surface area (Å²) >= 11 is 0. The quantitative estimate of drug-likeness (QED) is 0.165. The molecular weight excluding hydrogens is 394 g/mol. The van der Waals surface area contributed by atoms with E-state index in [1.165, 1.54) is 12.2 Å². The van der Waals surface area contributed by atoms with Gasteiger partial charge in [0.1, 0.15) is 6.42 Å². The third-order valence-corrected chi connectivity index (χ3v) is 4.41. The van der Waals surface area contributed by atoms with E-state index in [4.69, 9.17) is 0 Å². The van der Waals surface area contributed by atoms with Gasteiger partial charge in [0.05, 0.1) is 21.2 Å². The Morgan fingerprint density at radius 1 is 0.733 bits per heavy atom. The lowest BCUT2D eigenvalue weighted by atomic mass is 10.1. The van der Waals surface area contributed by atoms with Gasteiger partial charge in [0.25, 0.3) is 11.4 Å². The van der Waals surface area contributed by atoms with Gasteiger partial charge in [-0.3, -0.25) is 35.1 Å². The first-order chi connectivity index (χ1) is 14.3. The summed E-state index contributed by atoms with van der Waals surface area (Å²) in [5, 5.41) is 33.7. The third kappa shape index (κ3) is 13.3. The van der Waals surface area contributed by atoms with Crippen molar-refractivity contribution in [1.29, 1.82) is 0 Å². The second-order valence-corrected chi connectivity index (χ2v) is 6.83. The number of nitro groups is 3. The molecule has 0 bridgehead atoms. The van der Waals surface area contributed by atoms with Crippen molar-refractivity contribution >= 4 is 6.29 Å². The molecule has 0 aromatic heterocycles. The molecule has 0 unspecified atom stereocenters. The molecule has 10 heteroatoms. The molecule has 30 heavy (non-hydrogen) atoms. The van der Waals surface area contributed by atoms with E-state index in [-0.39, 0.29) is 17.8 Å². The zero-order chi connectivity index (χ0) is 22.8. The Balaban J connectivity index is 5.00. The average molecular weight is 424 g/mol. The maximum Gasteiger partial charge on any atom is 0.253 e. The van der Waals surface area contributed by atoms with Crippen LogP contribution in [0.5, 0.6) is 0 Å². The first kappa shape index (κ1) is 27.1. The predicted molar refractivity (Wildman–Crippen MR) is 112 cm³/mol. The fraction of sp³-hybridized carbons (Fsp3) is 0.650. The minimum absolute atomic E-state index is 0.176. The van der Waals surface area contributed by atoms with Gasteiger partial charge in [0.15, 0.2) is 6.29 Å². The summed E-state index contributed by atoms with van der Waals surface area (Å²) in [5.74, 6) is 0. The third-order valence-electron chi connectivity index (χ3n) is 4.41. The Hall–Kier alpha value is -2.91. The van der Waals surface area contributed by atoms with Crippen molar-refractivity contribution < 1.29 is 19.6 Å². The van der Waals surface area contributed by atoms with Crippen LogP contribution in [0.3, 0.4) is 0 Å². The zero-order valence-electron chi connectivity index (χ0n) is 17.4. The molecule has 167 valence electrons. The summed E-state index contributed by atoms with van der Waals surface area (Å²) in [7, 11) is 0. The molecule has 0 aromatic rings. The number of unbranched alkanes of at least 4 members (excludes halogenated alkanes) is 8. The molecule has 0 heterocycles. The van der Waals surface area contributed by atoms with Crippen LogP contribution in [0, 0.1) is 30.3 Å². The number of hydrogen-bond donors (Lipinski definition) is 0. The predicted octanol–water partition coefficient (Wildman–Crippen LogP) is 5.28.